The first kappa shape index (κ1) is 13.5. The van der Waals surface area contributed by atoms with Crippen molar-refractivity contribution in [1.82, 2.24) is 10.6 Å². The lowest BCUT2D eigenvalue weighted by Crippen LogP contribution is -2.37. The van der Waals surface area contributed by atoms with Gasteiger partial charge in [0, 0.05) is 34.7 Å². The molecule has 0 aromatic heterocycles. The minimum Gasteiger partial charge on any atom is -0.384 e. The fourth-order valence-corrected chi connectivity index (χ4v) is 5.36. The largest absolute Gasteiger partial charge is 0.384 e. The van der Waals surface area contributed by atoms with Crippen molar-refractivity contribution in [2.45, 2.75) is 49.9 Å². The number of hydrogen-bond acceptors (Lipinski definition) is 2. The van der Waals surface area contributed by atoms with Crippen molar-refractivity contribution in [2.75, 3.05) is 6.54 Å². The molecule has 1 saturated carbocycles. The SMILES string of the molecule is CC1=CC2=C(CC3CNC4=CC(Br)CC2=C43)C(CC2CC2)N1. The quantitative estimate of drug-likeness (QED) is 0.730. The van der Waals surface area contributed by atoms with E-state index in [0.717, 1.165) is 18.9 Å². The van der Waals surface area contributed by atoms with E-state index < -0.39 is 0 Å². The third-order valence-corrected chi connectivity index (χ3v) is 6.48. The summed E-state index contributed by atoms with van der Waals surface area (Å²) in [6.45, 7) is 3.36. The summed E-state index contributed by atoms with van der Waals surface area (Å²) >= 11 is 3.84. The summed E-state index contributed by atoms with van der Waals surface area (Å²) < 4.78 is 0. The second-order valence-corrected chi connectivity index (χ2v) is 8.79. The monoisotopic (exact) mass is 358 g/mol. The third-order valence-electron chi connectivity index (χ3n) is 5.90. The van der Waals surface area contributed by atoms with Gasteiger partial charge in [0.25, 0.3) is 0 Å². The van der Waals surface area contributed by atoms with Gasteiger partial charge in [-0.2, -0.15) is 0 Å². The molecule has 116 valence electrons. The average Bonchev–Trinajstić information content (AvgIpc) is 3.20. The Morgan fingerprint density at radius 3 is 2.95 bits per heavy atom. The molecule has 0 amide bonds. The molecule has 0 bridgehead atoms. The fourth-order valence-electron chi connectivity index (χ4n) is 4.77. The average molecular weight is 359 g/mol. The van der Waals surface area contributed by atoms with Gasteiger partial charge in [-0.25, -0.2) is 0 Å². The van der Waals surface area contributed by atoms with Crippen molar-refractivity contribution >= 4 is 15.9 Å². The van der Waals surface area contributed by atoms with Gasteiger partial charge in [-0.3, -0.25) is 0 Å². The lowest BCUT2D eigenvalue weighted by atomic mass is 9.72. The molecule has 3 aliphatic carbocycles. The minimum absolute atomic E-state index is 0.477. The molecule has 3 heteroatoms. The number of halogens is 1. The Morgan fingerprint density at radius 2 is 2.14 bits per heavy atom. The molecule has 2 fully saturated rings. The van der Waals surface area contributed by atoms with E-state index in [1.165, 1.54) is 37.1 Å². The molecule has 2 aliphatic heterocycles. The highest BCUT2D eigenvalue weighted by Gasteiger charge is 2.40. The molecule has 3 unspecified atom stereocenters. The summed E-state index contributed by atoms with van der Waals surface area (Å²) in [4.78, 5) is 0.477. The van der Waals surface area contributed by atoms with Crippen LogP contribution in [0.3, 0.4) is 0 Å². The van der Waals surface area contributed by atoms with Crippen LogP contribution in [-0.4, -0.2) is 17.4 Å². The maximum atomic E-state index is 3.84. The first-order valence-electron chi connectivity index (χ1n) is 8.70. The van der Waals surface area contributed by atoms with E-state index in [4.69, 9.17) is 0 Å². The summed E-state index contributed by atoms with van der Waals surface area (Å²) in [7, 11) is 0. The topological polar surface area (TPSA) is 24.1 Å². The number of nitrogens with one attached hydrogen (secondary N) is 2. The summed E-state index contributed by atoms with van der Waals surface area (Å²) in [5.74, 6) is 1.68. The fraction of sp³-hybridized carbons (Fsp3) is 0.579. The van der Waals surface area contributed by atoms with Crippen molar-refractivity contribution in [3.05, 3.63) is 45.8 Å². The van der Waals surface area contributed by atoms with E-state index >= 15 is 0 Å². The Hall–Kier alpha value is -0.960. The van der Waals surface area contributed by atoms with Gasteiger partial charge in [-0.15, -0.1) is 0 Å². The smallest absolute Gasteiger partial charge is 0.0482 e. The highest BCUT2D eigenvalue weighted by molar-refractivity contribution is 9.09. The van der Waals surface area contributed by atoms with E-state index in [-0.39, 0.29) is 0 Å². The van der Waals surface area contributed by atoms with Gasteiger partial charge < -0.3 is 10.6 Å². The Kier molecular flexibility index (Phi) is 2.92. The van der Waals surface area contributed by atoms with Crippen LogP contribution in [0.15, 0.2) is 45.8 Å². The van der Waals surface area contributed by atoms with Crippen LogP contribution in [0.5, 0.6) is 0 Å². The summed E-state index contributed by atoms with van der Waals surface area (Å²) in [6.07, 6.45) is 11.4. The molecular formula is C19H23BrN2. The Morgan fingerprint density at radius 1 is 1.27 bits per heavy atom. The highest BCUT2D eigenvalue weighted by Crippen LogP contribution is 2.49. The Labute approximate surface area is 140 Å². The second-order valence-electron chi connectivity index (χ2n) is 7.62. The lowest BCUT2D eigenvalue weighted by molar-refractivity contribution is 0.494. The van der Waals surface area contributed by atoms with Crippen LogP contribution in [0.2, 0.25) is 0 Å². The normalized spacial score (nSPS) is 36.2. The number of alkyl halides is 1. The van der Waals surface area contributed by atoms with Gasteiger partial charge >= 0.3 is 0 Å². The van der Waals surface area contributed by atoms with E-state index in [1.54, 1.807) is 22.3 Å². The third kappa shape index (κ3) is 2.05. The van der Waals surface area contributed by atoms with Crippen LogP contribution in [0.1, 0.15) is 39.0 Å². The number of rotatable bonds is 2. The molecule has 0 aromatic carbocycles. The van der Waals surface area contributed by atoms with Crippen molar-refractivity contribution in [3.63, 3.8) is 0 Å². The molecule has 5 rings (SSSR count). The zero-order valence-electron chi connectivity index (χ0n) is 13.1. The lowest BCUT2D eigenvalue weighted by Gasteiger charge is -2.37. The standard InChI is InChI=1S/C19H23BrN2/c1-10-4-14-15(17(22-10)5-11-2-3-11)6-12-9-21-18-8-13(20)7-16(14)19(12)18/h4,8,11-13,17,21-22H,2-3,5-7,9H2,1H3. The number of fused-ring (bicyclic) bond motifs is 1. The van der Waals surface area contributed by atoms with Gasteiger partial charge in [-0.1, -0.05) is 28.8 Å². The van der Waals surface area contributed by atoms with Crippen LogP contribution < -0.4 is 10.6 Å². The molecule has 5 aliphatic rings. The van der Waals surface area contributed by atoms with Crippen LogP contribution in [0, 0.1) is 11.8 Å². The zero-order chi connectivity index (χ0) is 14.8. The Bertz CT molecular complexity index is 663. The van der Waals surface area contributed by atoms with Gasteiger partial charge in [-0.05, 0) is 66.5 Å². The van der Waals surface area contributed by atoms with Crippen LogP contribution in [-0.2, 0) is 0 Å². The minimum atomic E-state index is 0.477. The summed E-state index contributed by atoms with van der Waals surface area (Å²) in [5, 5.41) is 7.44. The van der Waals surface area contributed by atoms with Gasteiger partial charge in [0.15, 0.2) is 0 Å². The van der Waals surface area contributed by atoms with Crippen molar-refractivity contribution in [3.8, 4) is 0 Å². The van der Waals surface area contributed by atoms with E-state index in [9.17, 15) is 0 Å². The Balaban J connectivity index is 1.61. The molecule has 1 saturated heterocycles. The van der Waals surface area contributed by atoms with Gasteiger partial charge in [0.2, 0.25) is 0 Å². The number of allylic oxidation sites excluding steroid dienone is 6. The van der Waals surface area contributed by atoms with E-state index in [1.807, 2.05) is 0 Å². The second kappa shape index (κ2) is 4.77. The van der Waals surface area contributed by atoms with Gasteiger partial charge in [0.1, 0.15) is 0 Å². The van der Waals surface area contributed by atoms with E-state index in [0.29, 0.717) is 16.8 Å². The molecule has 0 spiro atoms. The first-order chi connectivity index (χ1) is 10.7. The predicted octanol–water partition coefficient (Wildman–Crippen LogP) is 3.93. The van der Waals surface area contributed by atoms with Crippen molar-refractivity contribution in [1.29, 1.82) is 0 Å². The number of dihydropyridines is 1. The summed E-state index contributed by atoms with van der Waals surface area (Å²) in [5.41, 5.74) is 9.28. The van der Waals surface area contributed by atoms with Crippen LogP contribution in [0.4, 0.5) is 0 Å². The highest BCUT2D eigenvalue weighted by atomic mass is 79.9. The molecule has 0 aromatic rings. The molecule has 0 radical (unpaired) electrons. The first-order valence-corrected chi connectivity index (χ1v) is 9.62. The molecule has 3 atom stereocenters. The van der Waals surface area contributed by atoms with Crippen molar-refractivity contribution in [2.24, 2.45) is 11.8 Å². The maximum absolute atomic E-state index is 3.84. The zero-order valence-corrected chi connectivity index (χ0v) is 14.7. The molecule has 2 nitrogen and oxygen atoms in total. The molecule has 2 heterocycles. The number of hydrogen-bond donors (Lipinski definition) is 2. The van der Waals surface area contributed by atoms with E-state index in [2.05, 4.69) is 45.6 Å². The van der Waals surface area contributed by atoms with Crippen molar-refractivity contribution < 1.29 is 0 Å². The van der Waals surface area contributed by atoms with Gasteiger partial charge in [0.05, 0.1) is 0 Å². The maximum Gasteiger partial charge on any atom is 0.0482 e. The summed E-state index contributed by atoms with van der Waals surface area (Å²) in [6, 6.07) is 0.588. The van der Waals surface area contributed by atoms with Crippen LogP contribution in [0.25, 0.3) is 0 Å². The predicted molar refractivity (Wildman–Crippen MR) is 93.6 cm³/mol. The van der Waals surface area contributed by atoms with Crippen LogP contribution >= 0.6 is 15.9 Å². The molecule has 2 N–H and O–H groups in total. The molecular weight excluding hydrogens is 336 g/mol. The molecule has 22 heavy (non-hydrogen) atoms.